The average molecular weight is 509 g/mol. The molecule has 0 aliphatic rings. The lowest BCUT2D eigenvalue weighted by molar-refractivity contribution is 0.0999. The Balaban J connectivity index is 2.52. The summed E-state index contributed by atoms with van der Waals surface area (Å²) >= 11 is 3.22. The molecule has 140 valence electrons. The highest BCUT2D eigenvalue weighted by Gasteiger charge is 2.20. The van der Waals surface area contributed by atoms with Crippen molar-refractivity contribution >= 4 is 61.8 Å². The number of ether oxygens (including phenoxy) is 1. The number of nitrogens with one attached hydrogen (secondary N) is 2. The topological polar surface area (TPSA) is 136 Å². The van der Waals surface area contributed by atoms with Crippen LogP contribution < -0.4 is 20.5 Å². The lowest BCUT2D eigenvalue weighted by Gasteiger charge is -2.14. The monoisotopic (exact) mass is 509 g/mol. The number of halogens is 1. The first-order valence-corrected chi connectivity index (χ1v) is 10.8. The number of nitrogens with zero attached hydrogens (tertiary/aromatic N) is 2. The molecule has 0 radical (unpaired) electrons. The van der Waals surface area contributed by atoms with Gasteiger partial charge < -0.3 is 15.8 Å². The average Bonchev–Trinajstić information content (AvgIpc) is 2.60. The fraction of sp³-hybridized carbons (Fsp3) is 0.214. The zero-order valence-corrected chi connectivity index (χ0v) is 17.8. The zero-order valence-electron chi connectivity index (χ0n) is 14.0. The van der Waals surface area contributed by atoms with Crippen LogP contribution in [0.15, 0.2) is 28.3 Å². The SMILES string of the molecule is CNS(=O)(=O)c1ccc(Nc2nc(SC)nc(I)c2C(N)=O)cc1OC. The predicted molar refractivity (Wildman–Crippen MR) is 108 cm³/mol. The van der Waals surface area contributed by atoms with Gasteiger partial charge in [0.15, 0.2) is 5.16 Å². The maximum Gasteiger partial charge on any atom is 0.255 e. The number of primary amides is 1. The van der Waals surface area contributed by atoms with E-state index in [0.29, 0.717) is 14.5 Å². The van der Waals surface area contributed by atoms with Crippen LogP contribution in [0.25, 0.3) is 0 Å². The summed E-state index contributed by atoms with van der Waals surface area (Å²) in [7, 11) is -1.00. The largest absolute Gasteiger partial charge is 0.495 e. The van der Waals surface area contributed by atoms with Crippen molar-refractivity contribution in [1.29, 1.82) is 0 Å². The molecule has 2 rings (SSSR count). The van der Waals surface area contributed by atoms with E-state index in [1.54, 1.807) is 6.26 Å². The Labute approximate surface area is 168 Å². The van der Waals surface area contributed by atoms with E-state index < -0.39 is 15.9 Å². The molecule has 12 heteroatoms. The third-order valence-electron chi connectivity index (χ3n) is 3.26. The van der Waals surface area contributed by atoms with Crippen molar-refractivity contribution in [1.82, 2.24) is 14.7 Å². The third kappa shape index (κ3) is 4.36. The van der Waals surface area contributed by atoms with E-state index in [9.17, 15) is 13.2 Å². The van der Waals surface area contributed by atoms with Gasteiger partial charge in [-0.05, 0) is 48.0 Å². The van der Waals surface area contributed by atoms with E-state index in [-0.39, 0.29) is 22.0 Å². The van der Waals surface area contributed by atoms with E-state index in [2.05, 4.69) is 20.0 Å². The van der Waals surface area contributed by atoms with Gasteiger partial charge in [0.2, 0.25) is 10.0 Å². The van der Waals surface area contributed by atoms with Crippen LogP contribution >= 0.6 is 34.4 Å². The van der Waals surface area contributed by atoms with Crippen LogP contribution in [0, 0.1) is 3.70 Å². The molecule has 0 bridgehead atoms. The van der Waals surface area contributed by atoms with Gasteiger partial charge in [0, 0.05) is 11.8 Å². The molecule has 0 fully saturated rings. The Morgan fingerprint density at radius 1 is 1.35 bits per heavy atom. The molecule has 2 aromatic rings. The molecular weight excluding hydrogens is 493 g/mol. The smallest absolute Gasteiger partial charge is 0.255 e. The highest BCUT2D eigenvalue weighted by atomic mass is 127. The molecule has 1 aromatic carbocycles. The Morgan fingerprint density at radius 2 is 2.04 bits per heavy atom. The number of methoxy groups -OCH3 is 1. The summed E-state index contributed by atoms with van der Waals surface area (Å²) in [5.74, 6) is -0.308. The number of benzene rings is 1. The molecule has 9 nitrogen and oxygen atoms in total. The van der Waals surface area contributed by atoms with Crippen LogP contribution in [0.1, 0.15) is 10.4 Å². The summed E-state index contributed by atoms with van der Waals surface area (Å²) in [4.78, 5) is 20.2. The first-order chi connectivity index (χ1) is 12.2. The molecule has 0 aliphatic carbocycles. The van der Waals surface area contributed by atoms with Crippen LogP contribution in [-0.2, 0) is 10.0 Å². The van der Waals surface area contributed by atoms with Crippen molar-refractivity contribution in [3.63, 3.8) is 0 Å². The van der Waals surface area contributed by atoms with Gasteiger partial charge in [0.25, 0.3) is 5.91 Å². The molecule has 4 N–H and O–H groups in total. The summed E-state index contributed by atoms with van der Waals surface area (Å²) in [5, 5.41) is 3.44. The molecule has 1 aromatic heterocycles. The van der Waals surface area contributed by atoms with Crippen molar-refractivity contribution in [2.75, 3.05) is 25.7 Å². The number of sulfonamides is 1. The van der Waals surface area contributed by atoms with Crippen LogP contribution in [0.3, 0.4) is 0 Å². The minimum Gasteiger partial charge on any atom is -0.495 e. The van der Waals surface area contributed by atoms with Crippen molar-refractivity contribution in [2.24, 2.45) is 5.73 Å². The van der Waals surface area contributed by atoms with Gasteiger partial charge in [0.1, 0.15) is 25.7 Å². The number of carbonyl (C=O) groups excluding carboxylic acids is 1. The van der Waals surface area contributed by atoms with Crippen LogP contribution in [0.5, 0.6) is 5.75 Å². The van der Waals surface area contributed by atoms with E-state index in [1.165, 1.54) is 44.1 Å². The number of anilines is 2. The molecule has 1 amide bonds. The van der Waals surface area contributed by atoms with Crippen molar-refractivity contribution < 1.29 is 17.9 Å². The Morgan fingerprint density at radius 3 is 2.58 bits per heavy atom. The van der Waals surface area contributed by atoms with Gasteiger partial charge in [-0.3, -0.25) is 4.79 Å². The molecule has 26 heavy (non-hydrogen) atoms. The Bertz CT molecular complexity index is 953. The van der Waals surface area contributed by atoms with E-state index in [0.717, 1.165) is 0 Å². The van der Waals surface area contributed by atoms with Crippen molar-refractivity contribution in [3.8, 4) is 5.75 Å². The van der Waals surface area contributed by atoms with Gasteiger partial charge in [-0.25, -0.2) is 23.1 Å². The molecule has 0 atom stereocenters. The predicted octanol–water partition coefficient (Wildman–Crippen LogP) is 1.56. The number of thioether (sulfide) groups is 1. The lowest BCUT2D eigenvalue weighted by Crippen LogP contribution is -2.19. The summed E-state index contributed by atoms with van der Waals surface area (Å²) in [6, 6.07) is 4.41. The van der Waals surface area contributed by atoms with Gasteiger partial charge in [-0.15, -0.1) is 0 Å². The first kappa shape index (κ1) is 20.7. The van der Waals surface area contributed by atoms with Gasteiger partial charge in [0.05, 0.1) is 7.11 Å². The van der Waals surface area contributed by atoms with Crippen LogP contribution in [0.4, 0.5) is 11.5 Å². The normalized spacial score (nSPS) is 11.2. The quantitative estimate of drug-likeness (QED) is 0.222. The van der Waals surface area contributed by atoms with Crippen LogP contribution in [-0.4, -0.2) is 44.7 Å². The fourth-order valence-corrected chi connectivity index (χ4v) is 4.18. The van der Waals surface area contributed by atoms with Crippen LogP contribution in [0.2, 0.25) is 0 Å². The minimum absolute atomic E-state index is 0.00903. The van der Waals surface area contributed by atoms with E-state index in [1.807, 2.05) is 22.6 Å². The molecular formula is C14H16IN5O4S2. The summed E-state index contributed by atoms with van der Waals surface area (Å²) in [6.45, 7) is 0. The van der Waals surface area contributed by atoms with Crippen molar-refractivity contribution in [3.05, 3.63) is 27.5 Å². The molecule has 0 spiro atoms. The second-order valence-corrected chi connectivity index (χ2v) is 8.44. The van der Waals surface area contributed by atoms with Gasteiger partial charge in [-0.1, -0.05) is 11.8 Å². The second-order valence-electron chi connectivity index (χ2n) is 4.79. The second kappa shape index (κ2) is 8.37. The molecule has 1 heterocycles. The summed E-state index contributed by atoms with van der Waals surface area (Å²) in [5.41, 5.74) is 6.05. The number of nitrogens with two attached hydrogens (primary N) is 1. The maximum atomic E-state index is 12.0. The molecule has 0 aliphatic heterocycles. The number of carbonyl (C=O) groups is 1. The Kier molecular flexibility index (Phi) is 6.65. The maximum absolute atomic E-state index is 12.0. The highest BCUT2D eigenvalue weighted by molar-refractivity contribution is 14.1. The van der Waals surface area contributed by atoms with Crippen molar-refractivity contribution in [2.45, 2.75) is 10.1 Å². The summed E-state index contributed by atoms with van der Waals surface area (Å²) in [6.07, 6.45) is 1.81. The molecule has 0 saturated heterocycles. The number of amides is 1. The minimum atomic E-state index is -3.68. The number of aromatic nitrogens is 2. The first-order valence-electron chi connectivity index (χ1n) is 7.03. The number of hydrogen-bond acceptors (Lipinski definition) is 8. The van der Waals surface area contributed by atoms with Gasteiger partial charge >= 0.3 is 0 Å². The Hall–Kier alpha value is -1.64. The number of rotatable bonds is 7. The zero-order chi connectivity index (χ0) is 19.5. The van der Waals surface area contributed by atoms with E-state index in [4.69, 9.17) is 10.5 Å². The third-order valence-corrected chi connectivity index (χ3v) is 6.04. The summed E-state index contributed by atoms with van der Waals surface area (Å²) < 4.78 is 31.9. The molecule has 0 saturated carbocycles. The number of hydrogen-bond donors (Lipinski definition) is 3. The van der Waals surface area contributed by atoms with Gasteiger partial charge in [-0.2, -0.15) is 0 Å². The van der Waals surface area contributed by atoms with E-state index >= 15 is 0 Å². The lowest BCUT2D eigenvalue weighted by atomic mass is 10.2. The fourth-order valence-electron chi connectivity index (χ4n) is 2.03. The standard InChI is InChI=1S/C14H16IN5O4S2/c1-17-26(22,23)9-5-4-7(6-8(9)24-2)18-13-10(12(16)21)11(15)19-14(20-13)25-3/h4-6,17H,1-3H3,(H2,16,21)(H,18,19,20). The highest BCUT2D eigenvalue weighted by Crippen LogP contribution is 2.30. The molecule has 0 unspecified atom stereocenters.